The van der Waals surface area contributed by atoms with Gasteiger partial charge < -0.3 is 11.1 Å². The summed E-state index contributed by atoms with van der Waals surface area (Å²) in [5.41, 5.74) is 6.51. The van der Waals surface area contributed by atoms with Gasteiger partial charge in [0.2, 0.25) is 5.91 Å². The van der Waals surface area contributed by atoms with Crippen molar-refractivity contribution in [2.75, 3.05) is 6.54 Å². The number of benzene rings is 1. The number of carbonyl (C=O) groups is 1. The number of hydrogen-bond acceptors (Lipinski definition) is 2. The lowest BCUT2D eigenvalue weighted by atomic mass is 9.75. The summed E-state index contributed by atoms with van der Waals surface area (Å²) in [7, 11) is 0. The minimum atomic E-state index is -0.504. The number of nitrogens with one attached hydrogen (secondary N) is 1. The second kappa shape index (κ2) is 7.30. The van der Waals surface area contributed by atoms with Crippen molar-refractivity contribution in [3.63, 3.8) is 0 Å². The lowest BCUT2D eigenvalue weighted by Crippen LogP contribution is -2.45. The lowest BCUT2D eigenvalue weighted by Gasteiger charge is -2.33. The average Bonchev–Trinajstić information content (AvgIpc) is 2.43. The summed E-state index contributed by atoms with van der Waals surface area (Å²) in [6.45, 7) is 6.42. The SMILES string of the molecule is CCC(CC)(CNC(=O)[C@@H](C)N)c1ccc(Cl)c(Cl)c1. The quantitative estimate of drug-likeness (QED) is 0.843. The van der Waals surface area contributed by atoms with Crippen molar-refractivity contribution in [3.05, 3.63) is 33.8 Å². The third-order valence-electron chi connectivity index (χ3n) is 3.90. The van der Waals surface area contributed by atoms with Crippen molar-refractivity contribution in [2.45, 2.75) is 45.1 Å². The Labute approximate surface area is 130 Å². The summed E-state index contributed by atoms with van der Waals surface area (Å²) < 4.78 is 0. The molecule has 0 aliphatic rings. The second-order valence-corrected chi connectivity index (χ2v) is 5.94. The molecule has 1 atom stereocenters. The molecular weight excluding hydrogens is 295 g/mol. The first-order chi connectivity index (χ1) is 9.36. The number of amides is 1. The van der Waals surface area contributed by atoms with E-state index in [2.05, 4.69) is 19.2 Å². The molecule has 0 aliphatic carbocycles. The zero-order valence-electron chi connectivity index (χ0n) is 12.2. The molecule has 0 aliphatic heterocycles. The van der Waals surface area contributed by atoms with Crippen LogP contribution in [0.5, 0.6) is 0 Å². The Bertz CT molecular complexity index is 471. The third kappa shape index (κ3) is 3.87. The summed E-state index contributed by atoms with van der Waals surface area (Å²) in [5, 5.41) is 3.99. The molecule has 5 heteroatoms. The minimum Gasteiger partial charge on any atom is -0.354 e. The number of rotatable bonds is 6. The van der Waals surface area contributed by atoms with Crippen LogP contribution in [0.1, 0.15) is 39.2 Å². The van der Waals surface area contributed by atoms with Crippen LogP contribution in [0.4, 0.5) is 0 Å². The van der Waals surface area contributed by atoms with E-state index in [9.17, 15) is 4.79 Å². The zero-order valence-corrected chi connectivity index (χ0v) is 13.7. The molecule has 0 bridgehead atoms. The molecule has 1 amide bonds. The van der Waals surface area contributed by atoms with Crippen LogP contribution in [0.2, 0.25) is 10.0 Å². The molecule has 3 nitrogen and oxygen atoms in total. The van der Waals surface area contributed by atoms with Gasteiger partial charge in [-0.15, -0.1) is 0 Å². The van der Waals surface area contributed by atoms with Crippen LogP contribution in [-0.2, 0) is 10.2 Å². The van der Waals surface area contributed by atoms with Gasteiger partial charge >= 0.3 is 0 Å². The number of nitrogens with two attached hydrogens (primary N) is 1. The van der Waals surface area contributed by atoms with Gasteiger partial charge in [0.15, 0.2) is 0 Å². The van der Waals surface area contributed by atoms with Crippen molar-refractivity contribution in [2.24, 2.45) is 5.73 Å². The van der Waals surface area contributed by atoms with E-state index in [1.54, 1.807) is 13.0 Å². The number of halogens is 2. The predicted molar refractivity (Wildman–Crippen MR) is 85.4 cm³/mol. The highest BCUT2D eigenvalue weighted by Crippen LogP contribution is 2.34. The molecule has 0 spiro atoms. The van der Waals surface area contributed by atoms with Crippen molar-refractivity contribution < 1.29 is 4.79 Å². The van der Waals surface area contributed by atoms with Gasteiger partial charge in [-0.1, -0.05) is 43.1 Å². The normalized spacial score (nSPS) is 13.1. The van der Waals surface area contributed by atoms with Crippen LogP contribution in [0.25, 0.3) is 0 Å². The van der Waals surface area contributed by atoms with E-state index < -0.39 is 6.04 Å². The van der Waals surface area contributed by atoms with Gasteiger partial charge in [0.25, 0.3) is 0 Å². The molecule has 1 rings (SSSR count). The highest BCUT2D eigenvalue weighted by Gasteiger charge is 2.29. The summed E-state index contributed by atoms with van der Waals surface area (Å²) in [4.78, 5) is 11.7. The molecule has 20 heavy (non-hydrogen) atoms. The molecule has 0 aromatic heterocycles. The molecular formula is C15H22Cl2N2O. The van der Waals surface area contributed by atoms with Crippen LogP contribution in [0.15, 0.2) is 18.2 Å². The van der Waals surface area contributed by atoms with Gasteiger partial charge in [-0.05, 0) is 37.5 Å². The first-order valence-electron chi connectivity index (χ1n) is 6.85. The van der Waals surface area contributed by atoms with E-state index in [1.165, 1.54) is 0 Å². The highest BCUT2D eigenvalue weighted by molar-refractivity contribution is 6.42. The van der Waals surface area contributed by atoms with E-state index in [0.29, 0.717) is 16.6 Å². The smallest absolute Gasteiger partial charge is 0.236 e. The Morgan fingerprint density at radius 1 is 1.30 bits per heavy atom. The Morgan fingerprint density at radius 3 is 2.35 bits per heavy atom. The van der Waals surface area contributed by atoms with E-state index in [1.807, 2.05) is 12.1 Å². The maximum Gasteiger partial charge on any atom is 0.236 e. The summed E-state index contributed by atoms with van der Waals surface area (Å²) in [6.07, 6.45) is 1.78. The van der Waals surface area contributed by atoms with Crippen LogP contribution in [0.3, 0.4) is 0 Å². The highest BCUT2D eigenvalue weighted by atomic mass is 35.5. The van der Waals surface area contributed by atoms with Crippen LogP contribution in [-0.4, -0.2) is 18.5 Å². The molecule has 1 aromatic rings. The minimum absolute atomic E-state index is 0.142. The van der Waals surface area contributed by atoms with Crippen LogP contribution >= 0.6 is 23.2 Å². The van der Waals surface area contributed by atoms with Gasteiger partial charge in [-0.2, -0.15) is 0 Å². The number of hydrogen-bond donors (Lipinski definition) is 2. The third-order valence-corrected chi connectivity index (χ3v) is 4.64. The zero-order chi connectivity index (χ0) is 15.3. The van der Waals surface area contributed by atoms with Gasteiger partial charge in [-0.25, -0.2) is 0 Å². The second-order valence-electron chi connectivity index (χ2n) is 5.12. The molecule has 0 fully saturated rings. The Hall–Kier alpha value is -0.770. The van der Waals surface area contributed by atoms with Crippen molar-refractivity contribution in [3.8, 4) is 0 Å². The monoisotopic (exact) mass is 316 g/mol. The van der Waals surface area contributed by atoms with Crippen LogP contribution < -0.4 is 11.1 Å². The van der Waals surface area contributed by atoms with E-state index in [-0.39, 0.29) is 11.3 Å². The molecule has 0 saturated heterocycles. The summed E-state index contributed by atoms with van der Waals surface area (Å²) in [5.74, 6) is -0.142. The first kappa shape index (κ1) is 17.3. The fraction of sp³-hybridized carbons (Fsp3) is 0.533. The van der Waals surface area contributed by atoms with Crippen molar-refractivity contribution in [1.29, 1.82) is 0 Å². The van der Waals surface area contributed by atoms with E-state index >= 15 is 0 Å². The van der Waals surface area contributed by atoms with Gasteiger partial charge in [0, 0.05) is 12.0 Å². The molecule has 1 aromatic carbocycles. The fourth-order valence-electron chi connectivity index (χ4n) is 2.25. The van der Waals surface area contributed by atoms with E-state index in [4.69, 9.17) is 28.9 Å². The van der Waals surface area contributed by atoms with Crippen LogP contribution in [0, 0.1) is 0 Å². The topological polar surface area (TPSA) is 55.1 Å². The van der Waals surface area contributed by atoms with Crippen molar-refractivity contribution in [1.82, 2.24) is 5.32 Å². The summed E-state index contributed by atoms with van der Waals surface area (Å²) >= 11 is 12.1. The Balaban J connectivity index is 3.01. The molecule has 3 N–H and O–H groups in total. The predicted octanol–water partition coefficient (Wildman–Crippen LogP) is 3.51. The van der Waals surface area contributed by atoms with Gasteiger partial charge in [0.05, 0.1) is 16.1 Å². The fourth-order valence-corrected chi connectivity index (χ4v) is 2.55. The molecule has 0 unspecified atom stereocenters. The number of carbonyl (C=O) groups excluding carboxylic acids is 1. The molecule has 112 valence electrons. The Morgan fingerprint density at radius 2 is 1.90 bits per heavy atom. The maximum absolute atomic E-state index is 11.7. The average molecular weight is 317 g/mol. The maximum atomic E-state index is 11.7. The largest absolute Gasteiger partial charge is 0.354 e. The van der Waals surface area contributed by atoms with Crippen molar-refractivity contribution >= 4 is 29.1 Å². The lowest BCUT2D eigenvalue weighted by molar-refractivity contribution is -0.122. The van der Waals surface area contributed by atoms with Gasteiger partial charge in [-0.3, -0.25) is 4.79 Å². The Kier molecular flexibility index (Phi) is 6.31. The standard InChI is InChI=1S/C15H22Cl2N2O/c1-4-15(5-2,9-19-14(20)10(3)18)11-6-7-12(16)13(17)8-11/h6-8,10H,4-5,9,18H2,1-3H3,(H,19,20)/t10-/m1/s1. The first-order valence-corrected chi connectivity index (χ1v) is 7.60. The van der Waals surface area contributed by atoms with Gasteiger partial charge in [0.1, 0.15) is 0 Å². The molecule has 0 saturated carbocycles. The molecule has 0 heterocycles. The van der Waals surface area contributed by atoms with E-state index in [0.717, 1.165) is 18.4 Å². The summed E-state index contributed by atoms with van der Waals surface area (Å²) in [6, 6.07) is 5.15. The molecule has 0 radical (unpaired) electrons.